The molecule has 1 spiro atoms. The molecule has 0 radical (unpaired) electrons. The number of fused-ring (bicyclic) bond motifs is 5. The lowest BCUT2D eigenvalue weighted by Crippen LogP contribution is -2.53. The third-order valence-electron chi connectivity index (χ3n) is 9.24. The molecule has 0 bridgehead atoms. The van der Waals surface area contributed by atoms with Gasteiger partial charge in [0.25, 0.3) is 0 Å². The van der Waals surface area contributed by atoms with Gasteiger partial charge in [-0.3, -0.25) is 0 Å². The second-order valence-electron chi connectivity index (χ2n) is 9.92. The summed E-state index contributed by atoms with van der Waals surface area (Å²) in [4.78, 5) is 0. The van der Waals surface area contributed by atoms with Crippen LogP contribution in [0.2, 0.25) is 0 Å². The Morgan fingerprint density at radius 1 is 1.15 bits per heavy atom. The van der Waals surface area contributed by atoms with E-state index < -0.39 is 0 Å². The average molecular weight is 390 g/mol. The van der Waals surface area contributed by atoms with Crippen molar-refractivity contribution in [2.45, 2.75) is 69.5 Å². The average Bonchev–Trinajstić information content (AvgIpc) is 3.25. The second-order valence-corrected chi connectivity index (χ2v) is 12.8. The van der Waals surface area contributed by atoms with Crippen LogP contribution < -0.4 is 0 Å². The van der Waals surface area contributed by atoms with Gasteiger partial charge in [0.1, 0.15) is 0 Å². The summed E-state index contributed by atoms with van der Waals surface area (Å²) in [5, 5.41) is 20.3. The van der Waals surface area contributed by atoms with Gasteiger partial charge in [0.05, 0.1) is 18.6 Å². The normalized spacial score (nSPS) is 52.7. The van der Waals surface area contributed by atoms with E-state index in [9.17, 15) is 10.4 Å². The van der Waals surface area contributed by atoms with Gasteiger partial charge in [0.15, 0.2) is 0 Å². The van der Waals surface area contributed by atoms with E-state index >= 15 is 0 Å². The third kappa shape index (κ3) is 2.29. The molecule has 7 atom stereocenters. The first-order valence-corrected chi connectivity index (χ1v) is 12.9. The molecule has 0 aromatic heterocycles. The molecule has 3 saturated carbocycles. The van der Waals surface area contributed by atoms with Gasteiger partial charge < -0.3 is 5.11 Å². The molecule has 4 aliphatic carbocycles. The molecule has 26 heavy (non-hydrogen) atoms. The zero-order valence-corrected chi connectivity index (χ0v) is 17.5. The molecule has 1 heterocycles. The molecular formula is C22H31NOS2. The maximum atomic E-state index is 10.6. The summed E-state index contributed by atoms with van der Waals surface area (Å²) in [7, 11) is 4.14. The molecule has 5 aliphatic rings. The van der Waals surface area contributed by atoms with Crippen LogP contribution in [0.5, 0.6) is 0 Å². The molecule has 0 aromatic rings. The van der Waals surface area contributed by atoms with E-state index in [0.717, 1.165) is 12.3 Å². The van der Waals surface area contributed by atoms with Gasteiger partial charge in [-0.1, -0.05) is 40.2 Å². The Labute approximate surface area is 166 Å². The topological polar surface area (TPSA) is 44.0 Å². The molecule has 1 unspecified atom stereocenters. The highest BCUT2D eigenvalue weighted by Gasteiger charge is 2.61. The number of nitrogens with zero attached hydrogens (tertiary/aromatic N) is 1. The zero-order chi connectivity index (χ0) is 18.0. The van der Waals surface area contributed by atoms with Crippen LogP contribution in [0.15, 0.2) is 11.6 Å². The van der Waals surface area contributed by atoms with Gasteiger partial charge in [-0.25, -0.2) is 0 Å². The van der Waals surface area contributed by atoms with E-state index in [1.54, 1.807) is 5.57 Å². The highest BCUT2D eigenvalue weighted by molar-refractivity contribution is 8.77. The Kier molecular flexibility index (Phi) is 4.28. The van der Waals surface area contributed by atoms with E-state index in [0.29, 0.717) is 23.2 Å². The van der Waals surface area contributed by atoms with Gasteiger partial charge in [-0.05, 0) is 81.0 Å². The van der Waals surface area contributed by atoms with Crippen molar-refractivity contribution in [3.8, 4) is 6.07 Å². The quantitative estimate of drug-likeness (QED) is 0.469. The first kappa shape index (κ1) is 18.0. The summed E-state index contributed by atoms with van der Waals surface area (Å²) in [6.45, 7) is 2.76. The molecule has 142 valence electrons. The van der Waals surface area contributed by atoms with E-state index in [1.807, 2.05) is 10.8 Å². The van der Waals surface area contributed by atoms with Gasteiger partial charge in [0.2, 0.25) is 0 Å². The van der Waals surface area contributed by atoms with Gasteiger partial charge in [-0.15, -0.1) is 0 Å². The minimum atomic E-state index is 0.0635. The fraction of sp³-hybridized carbons (Fsp3) is 0.864. The van der Waals surface area contributed by atoms with Crippen molar-refractivity contribution >= 4 is 21.6 Å². The summed E-state index contributed by atoms with van der Waals surface area (Å²) in [5.41, 5.74) is 1.91. The highest BCUT2D eigenvalue weighted by atomic mass is 33.1. The Bertz CT molecular complexity index is 664. The van der Waals surface area contributed by atoms with Gasteiger partial charge >= 0.3 is 0 Å². The van der Waals surface area contributed by atoms with Crippen molar-refractivity contribution in [3.63, 3.8) is 0 Å². The standard InChI is InChI=1S/C22H31NOS2/c1-20-7-6-19-17(18(20)5-3-16(20)13-23)4-2-15-12-21(10-11-25-26-21)8-9-22(15,19)14-24/h12,16-19,24H,2-11,14H2,1H3/t16-,17-,18-,19-,20+,21?,22+/m0/s1. The van der Waals surface area contributed by atoms with Crippen molar-refractivity contribution in [2.75, 3.05) is 12.4 Å². The molecule has 2 nitrogen and oxygen atoms in total. The molecule has 1 N–H and O–H groups in total. The van der Waals surface area contributed by atoms with Crippen LogP contribution in [0.1, 0.15) is 64.7 Å². The first-order valence-electron chi connectivity index (χ1n) is 10.6. The Morgan fingerprint density at radius 2 is 2.04 bits per heavy atom. The summed E-state index contributed by atoms with van der Waals surface area (Å²) in [5.74, 6) is 3.64. The molecule has 4 fully saturated rings. The number of aliphatic hydroxyl groups excluding tert-OH is 1. The molecule has 5 rings (SSSR count). The third-order valence-corrected chi connectivity index (χ3v) is 12.4. The molecule has 1 aliphatic heterocycles. The number of aliphatic hydroxyl groups is 1. The largest absolute Gasteiger partial charge is 0.395 e. The summed E-state index contributed by atoms with van der Waals surface area (Å²) >= 11 is 0. The molecule has 0 amide bonds. The van der Waals surface area contributed by atoms with Crippen LogP contribution >= 0.6 is 21.6 Å². The number of hydrogen-bond donors (Lipinski definition) is 1. The maximum absolute atomic E-state index is 10.6. The summed E-state index contributed by atoms with van der Waals surface area (Å²) < 4.78 is 0.369. The molecular weight excluding hydrogens is 358 g/mol. The van der Waals surface area contributed by atoms with Crippen LogP contribution in [-0.4, -0.2) is 22.2 Å². The van der Waals surface area contributed by atoms with Gasteiger partial charge in [-0.2, -0.15) is 5.26 Å². The van der Waals surface area contributed by atoms with Gasteiger partial charge in [0, 0.05) is 15.9 Å². The SMILES string of the molecule is C[C@]12CC[C@H]3[C@@H](CCC4=CC5(CCSS5)CC[C@@]43CO)[C@@H]1CC[C@H]2C#N. The lowest BCUT2D eigenvalue weighted by molar-refractivity contribution is -0.0708. The van der Waals surface area contributed by atoms with E-state index in [1.165, 1.54) is 57.1 Å². The fourth-order valence-corrected chi connectivity index (χ4v) is 11.1. The van der Waals surface area contributed by atoms with Crippen molar-refractivity contribution in [1.82, 2.24) is 0 Å². The predicted molar refractivity (Wildman–Crippen MR) is 110 cm³/mol. The van der Waals surface area contributed by atoms with Crippen molar-refractivity contribution < 1.29 is 5.11 Å². The summed E-state index contributed by atoms with van der Waals surface area (Å²) in [6.07, 6.45) is 13.6. The maximum Gasteiger partial charge on any atom is 0.0661 e. The highest BCUT2D eigenvalue weighted by Crippen LogP contribution is 2.68. The van der Waals surface area contributed by atoms with Crippen LogP contribution in [0.3, 0.4) is 0 Å². The van der Waals surface area contributed by atoms with Crippen molar-refractivity contribution in [3.05, 3.63) is 11.6 Å². The molecule has 4 heteroatoms. The fourth-order valence-electron chi connectivity index (χ4n) is 7.76. The minimum absolute atomic E-state index is 0.0635. The van der Waals surface area contributed by atoms with Crippen molar-refractivity contribution in [1.29, 1.82) is 5.26 Å². The predicted octanol–water partition coefficient (Wildman–Crippen LogP) is 5.59. The number of nitriles is 1. The van der Waals surface area contributed by atoms with E-state index in [-0.39, 0.29) is 16.7 Å². The van der Waals surface area contributed by atoms with Crippen LogP contribution in [-0.2, 0) is 0 Å². The number of hydrogen-bond acceptors (Lipinski definition) is 4. The monoisotopic (exact) mass is 389 g/mol. The van der Waals surface area contributed by atoms with E-state index in [4.69, 9.17) is 0 Å². The second kappa shape index (κ2) is 6.19. The Morgan fingerprint density at radius 3 is 2.77 bits per heavy atom. The molecule has 1 saturated heterocycles. The Hall–Kier alpha value is -0.110. The first-order chi connectivity index (χ1) is 12.6. The minimum Gasteiger partial charge on any atom is -0.395 e. The zero-order valence-electron chi connectivity index (χ0n) is 15.9. The lowest BCUT2D eigenvalue weighted by Gasteiger charge is -2.59. The lowest BCUT2D eigenvalue weighted by atomic mass is 9.46. The smallest absolute Gasteiger partial charge is 0.0661 e. The molecule has 0 aromatic carbocycles. The van der Waals surface area contributed by atoms with E-state index in [2.05, 4.69) is 29.9 Å². The van der Waals surface area contributed by atoms with Crippen LogP contribution in [0, 0.1) is 45.8 Å². The Balaban J connectivity index is 1.49. The van der Waals surface area contributed by atoms with Crippen molar-refractivity contribution in [2.24, 2.45) is 34.5 Å². The number of rotatable bonds is 1. The summed E-state index contributed by atoms with van der Waals surface area (Å²) in [6, 6.07) is 2.65. The van der Waals surface area contributed by atoms with Crippen LogP contribution in [0.25, 0.3) is 0 Å². The van der Waals surface area contributed by atoms with Crippen LogP contribution in [0.4, 0.5) is 0 Å².